The molecule has 7 nitrogen and oxygen atoms in total. The quantitative estimate of drug-likeness (QED) is 0.356. The molecule has 1 aliphatic rings. The summed E-state index contributed by atoms with van der Waals surface area (Å²) in [5.74, 6) is 1.19. The van der Waals surface area contributed by atoms with Gasteiger partial charge in [0.15, 0.2) is 5.96 Å². The van der Waals surface area contributed by atoms with E-state index in [1.54, 1.807) is 6.20 Å². The second-order valence-electron chi connectivity index (χ2n) is 6.74. The van der Waals surface area contributed by atoms with E-state index in [1.165, 1.54) is 5.56 Å². The lowest BCUT2D eigenvalue weighted by Gasteiger charge is -2.12. The first-order valence-corrected chi connectivity index (χ1v) is 9.58. The van der Waals surface area contributed by atoms with Crippen molar-refractivity contribution in [2.45, 2.75) is 32.9 Å². The third-order valence-electron chi connectivity index (χ3n) is 4.34. The van der Waals surface area contributed by atoms with Gasteiger partial charge in [-0.1, -0.05) is 24.3 Å². The maximum atomic E-state index is 11.6. The molecular weight excluding hydrogens is 340 g/mol. The highest BCUT2D eigenvalue weighted by Gasteiger charge is 2.28. The first-order valence-electron chi connectivity index (χ1n) is 9.58. The fourth-order valence-electron chi connectivity index (χ4n) is 2.79. The van der Waals surface area contributed by atoms with Gasteiger partial charge in [0, 0.05) is 44.5 Å². The molecule has 27 heavy (non-hydrogen) atoms. The Bertz CT molecular complexity index is 752. The van der Waals surface area contributed by atoms with E-state index in [4.69, 9.17) is 0 Å². The second kappa shape index (κ2) is 9.75. The smallest absolute Gasteiger partial charge is 0.223 e. The number of rotatable bonds is 9. The molecule has 1 aromatic carbocycles. The van der Waals surface area contributed by atoms with Crippen LogP contribution in [-0.2, 0) is 17.9 Å². The van der Waals surface area contributed by atoms with Crippen LogP contribution < -0.4 is 16.0 Å². The molecule has 1 aliphatic carbocycles. The molecular formula is C20H28N6O. The molecule has 1 saturated carbocycles. The lowest BCUT2D eigenvalue weighted by Crippen LogP contribution is -2.41. The third kappa shape index (κ3) is 6.44. The van der Waals surface area contributed by atoms with Crippen molar-refractivity contribution in [3.63, 3.8) is 0 Å². The molecule has 1 heterocycles. The van der Waals surface area contributed by atoms with E-state index >= 15 is 0 Å². The number of aliphatic imine (C=N–C) groups is 1. The van der Waals surface area contributed by atoms with Crippen molar-refractivity contribution in [2.24, 2.45) is 10.9 Å². The van der Waals surface area contributed by atoms with E-state index in [0.717, 1.165) is 37.5 Å². The van der Waals surface area contributed by atoms with Crippen LogP contribution in [0.5, 0.6) is 0 Å². The highest BCUT2D eigenvalue weighted by Crippen LogP contribution is 2.28. The summed E-state index contributed by atoms with van der Waals surface area (Å²) < 4.78 is 2.05. The Morgan fingerprint density at radius 1 is 1.22 bits per heavy atom. The average Bonchev–Trinajstić information content (AvgIpc) is 3.41. The van der Waals surface area contributed by atoms with Crippen molar-refractivity contribution in [3.05, 3.63) is 54.1 Å². The minimum atomic E-state index is 0.174. The van der Waals surface area contributed by atoms with E-state index in [2.05, 4.69) is 50.2 Å². The lowest BCUT2D eigenvalue weighted by molar-refractivity contribution is -0.122. The molecule has 7 heteroatoms. The highest BCUT2D eigenvalue weighted by molar-refractivity contribution is 5.81. The average molecular weight is 368 g/mol. The van der Waals surface area contributed by atoms with E-state index < -0.39 is 0 Å². The Kier molecular flexibility index (Phi) is 6.84. The van der Waals surface area contributed by atoms with Crippen LogP contribution >= 0.6 is 0 Å². The lowest BCUT2D eigenvalue weighted by atomic mass is 10.1. The monoisotopic (exact) mass is 368 g/mol. The fourth-order valence-corrected chi connectivity index (χ4v) is 2.79. The summed E-state index contributed by atoms with van der Waals surface area (Å²) in [5, 5.41) is 9.46. The maximum absolute atomic E-state index is 11.6. The normalized spacial score (nSPS) is 14.0. The summed E-state index contributed by atoms with van der Waals surface area (Å²) in [5.41, 5.74) is 2.38. The first-order chi connectivity index (χ1) is 13.2. The number of hydrogen-bond donors (Lipinski definition) is 3. The molecule has 0 bridgehead atoms. The summed E-state index contributed by atoms with van der Waals surface area (Å²) in [6.07, 6.45) is 7.63. The van der Waals surface area contributed by atoms with Gasteiger partial charge in [0.2, 0.25) is 5.91 Å². The Hall–Kier alpha value is -2.83. The number of aromatic nitrogens is 2. The van der Waals surface area contributed by atoms with Crippen molar-refractivity contribution < 1.29 is 4.79 Å². The number of imidazole rings is 1. The van der Waals surface area contributed by atoms with E-state index in [-0.39, 0.29) is 11.8 Å². The Labute approximate surface area is 160 Å². The zero-order valence-electron chi connectivity index (χ0n) is 15.8. The van der Waals surface area contributed by atoms with Gasteiger partial charge in [0.05, 0.1) is 12.9 Å². The SMILES string of the molecule is CCNC(=NCc1cccc(Cn2ccnc2)c1)NCCNC(=O)C1CC1. The fraction of sp³-hybridized carbons (Fsp3) is 0.450. The van der Waals surface area contributed by atoms with Crippen molar-refractivity contribution in [2.75, 3.05) is 19.6 Å². The van der Waals surface area contributed by atoms with Crippen LogP contribution in [0.4, 0.5) is 0 Å². The van der Waals surface area contributed by atoms with Crippen LogP contribution in [0, 0.1) is 5.92 Å². The van der Waals surface area contributed by atoms with Gasteiger partial charge >= 0.3 is 0 Å². The number of carbonyl (C=O) groups is 1. The number of amides is 1. The molecule has 0 aliphatic heterocycles. The Morgan fingerprint density at radius 3 is 2.78 bits per heavy atom. The van der Waals surface area contributed by atoms with Crippen LogP contribution in [-0.4, -0.2) is 41.1 Å². The topological polar surface area (TPSA) is 83.3 Å². The Balaban J connectivity index is 1.48. The number of guanidine groups is 1. The molecule has 0 atom stereocenters. The molecule has 3 rings (SSSR count). The molecule has 0 saturated heterocycles. The van der Waals surface area contributed by atoms with Gasteiger partial charge < -0.3 is 20.5 Å². The zero-order valence-corrected chi connectivity index (χ0v) is 15.8. The minimum absolute atomic E-state index is 0.174. The molecule has 0 spiro atoms. The predicted molar refractivity (Wildman–Crippen MR) is 106 cm³/mol. The van der Waals surface area contributed by atoms with Crippen molar-refractivity contribution in [1.29, 1.82) is 0 Å². The molecule has 1 fully saturated rings. The number of carbonyl (C=O) groups excluding carboxylic acids is 1. The van der Waals surface area contributed by atoms with Gasteiger partial charge in [-0.2, -0.15) is 0 Å². The van der Waals surface area contributed by atoms with Crippen LogP contribution in [0.15, 0.2) is 48.0 Å². The molecule has 3 N–H and O–H groups in total. The molecule has 0 radical (unpaired) electrons. The summed E-state index contributed by atoms with van der Waals surface area (Å²) in [4.78, 5) is 20.4. The standard InChI is InChI=1S/C20H28N6O/c1-2-22-20(24-9-8-23-19(27)18-6-7-18)25-13-16-4-3-5-17(12-16)14-26-11-10-21-15-26/h3-5,10-12,15,18H,2,6-9,13-14H2,1H3,(H,23,27)(H2,22,24,25). The summed E-state index contributed by atoms with van der Waals surface area (Å²) in [7, 11) is 0. The van der Waals surface area contributed by atoms with Gasteiger partial charge in [0.1, 0.15) is 0 Å². The molecule has 1 amide bonds. The maximum Gasteiger partial charge on any atom is 0.223 e. The minimum Gasteiger partial charge on any atom is -0.357 e. The number of nitrogens with one attached hydrogen (secondary N) is 3. The first kappa shape index (κ1) is 18.9. The van der Waals surface area contributed by atoms with Gasteiger partial charge in [0.25, 0.3) is 0 Å². The number of hydrogen-bond acceptors (Lipinski definition) is 3. The second-order valence-corrected chi connectivity index (χ2v) is 6.74. The van der Waals surface area contributed by atoms with E-state index in [9.17, 15) is 4.79 Å². The van der Waals surface area contributed by atoms with Gasteiger partial charge in [-0.25, -0.2) is 9.98 Å². The van der Waals surface area contributed by atoms with Crippen molar-refractivity contribution in [1.82, 2.24) is 25.5 Å². The largest absolute Gasteiger partial charge is 0.357 e. The van der Waals surface area contributed by atoms with Gasteiger partial charge in [-0.3, -0.25) is 4.79 Å². The number of nitrogens with zero attached hydrogens (tertiary/aromatic N) is 3. The van der Waals surface area contributed by atoms with Crippen LogP contribution in [0.1, 0.15) is 30.9 Å². The van der Waals surface area contributed by atoms with Crippen molar-refractivity contribution in [3.8, 4) is 0 Å². The van der Waals surface area contributed by atoms with E-state index in [0.29, 0.717) is 19.6 Å². The van der Waals surface area contributed by atoms with Gasteiger partial charge in [-0.05, 0) is 30.9 Å². The summed E-state index contributed by atoms with van der Waals surface area (Å²) >= 11 is 0. The molecule has 1 aromatic heterocycles. The van der Waals surface area contributed by atoms with Crippen LogP contribution in [0.2, 0.25) is 0 Å². The predicted octanol–water partition coefficient (Wildman–Crippen LogP) is 1.51. The van der Waals surface area contributed by atoms with Crippen LogP contribution in [0.25, 0.3) is 0 Å². The summed E-state index contributed by atoms with van der Waals surface area (Å²) in [6.45, 7) is 5.50. The summed E-state index contributed by atoms with van der Waals surface area (Å²) in [6, 6.07) is 8.42. The number of benzene rings is 1. The molecule has 144 valence electrons. The zero-order chi connectivity index (χ0) is 18.9. The Morgan fingerprint density at radius 2 is 2.04 bits per heavy atom. The highest BCUT2D eigenvalue weighted by atomic mass is 16.2. The third-order valence-corrected chi connectivity index (χ3v) is 4.34. The van der Waals surface area contributed by atoms with Crippen LogP contribution in [0.3, 0.4) is 0 Å². The molecule has 2 aromatic rings. The van der Waals surface area contributed by atoms with Gasteiger partial charge in [-0.15, -0.1) is 0 Å². The van der Waals surface area contributed by atoms with Crippen molar-refractivity contribution >= 4 is 11.9 Å². The van der Waals surface area contributed by atoms with E-state index in [1.807, 2.05) is 24.0 Å². The molecule has 0 unspecified atom stereocenters.